The third kappa shape index (κ3) is 3.51. The van der Waals surface area contributed by atoms with E-state index >= 15 is 0 Å². The summed E-state index contributed by atoms with van der Waals surface area (Å²) in [6.07, 6.45) is 1.08. The largest absolute Gasteiger partial charge is 0.494 e. The van der Waals surface area contributed by atoms with E-state index in [0.717, 1.165) is 31.9 Å². The summed E-state index contributed by atoms with van der Waals surface area (Å²) in [4.78, 5) is 2.48. The highest BCUT2D eigenvalue weighted by Crippen LogP contribution is 2.27. The van der Waals surface area contributed by atoms with E-state index in [9.17, 15) is 0 Å². The van der Waals surface area contributed by atoms with Crippen molar-refractivity contribution in [2.45, 2.75) is 32.4 Å². The van der Waals surface area contributed by atoms with E-state index in [2.05, 4.69) is 24.0 Å². The lowest BCUT2D eigenvalue weighted by atomic mass is 10.0. The lowest BCUT2D eigenvalue weighted by Gasteiger charge is -2.40. The molecular formula is C16H26N2O2. The molecule has 1 aromatic carbocycles. The minimum Gasteiger partial charge on any atom is -0.494 e. The lowest BCUT2D eigenvalue weighted by Crippen LogP contribution is -2.48. The summed E-state index contributed by atoms with van der Waals surface area (Å²) in [6, 6.07) is 8.99. The zero-order valence-electron chi connectivity index (χ0n) is 12.5. The summed E-state index contributed by atoms with van der Waals surface area (Å²) in [6.45, 7) is 8.05. The molecule has 1 fully saturated rings. The molecule has 1 aliphatic rings. The van der Waals surface area contributed by atoms with Gasteiger partial charge in [0, 0.05) is 25.2 Å². The Labute approximate surface area is 121 Å². The fourth-order valence-electron chi connectivity index (χ4n) is 2.87. The molecule has 20 heavy (non-hydrogen) atoms. The van der Waals surface area contributed by atoms with Crippen LogP contribution in [0.2, 0.25) is 0 Å². The summed E-state index contributed by atoms with van der Waals surface area (Å²) in [5.41, 5.74) is 7.29. The summed E-state index contributed by atoms with van der Waals surface area (Å²) in [5, 5.41) is 0. The van der Waals surface area contributed by atoms with Gasteiger partial charge in [-0.15, -0.1) is 0 Å². The van der Waals surface area contributed by atoms with Crippen LogP contribution in [0.4, 0.5) is 0 Å². The van der Waals surface area contributed by atoms with Gasteiger partial charge in [0.2, 0.25) is 0 Å². The van der Waals surface area contributed by atoms with Crippen LogP contribution in [0, 0.1) is 0 Å². The van der Waals surface area contributed by atoms with Crippen LogP contribution in [0.15, 0.2) is 24.3 Å². The highest BCUT2D eigenvalue weighted by Gasteiger charge is 2.28. The zero-order valence-corrected chi connectivity index (χ0v) is 12.5. The van der Waals surface area contributed by atoms with Gasteiger partial charge >= 0.3 is 0 Å². The molecule has 2 N–H and O–H groups in total. The molecule has 2 unspecified atom stereocenters. The van der Waals surface area contributed by atoms with Crippen molar-refractivity contribution in [3.8, 4) is 5.75 Å². The highest BCUT2D eigenvalue weighted by atomic mass is 16.5. The first kappa shape index (κ1) is 15.3. The van der Waals surface area contributed by atoms with Gasteiger partial charge in [-0.2, -0.15) is 0 Å². The third-order valence-corrected chi connectivity index (χ3v) is 3.92. The fraction of sp³-hybridized carbons (Fsp3) is 0.625. The maximum atomic E-state index is 6.05. The quantitative estimate of drug-likeness (QED) is 0.866. The Kier molecular flexibility index (Phi) is 5.83. The maximum absolute atomic E-state index is 6.05. The lowest BCUT2D eigenvalue weighted by molar-refractivity contribution is -0.0291. The number of nitrogens with zero attached hydrogens (tertiary/aromatic N) is 1. The molecule has 112 valence electrons. The highest BCUT2D eigenvalue weighted by molar-refractivity contribution is 5.31. The normalized spacial score (nSPS) is 21.6. The van der Waals surface area contributed by atoms with Crippen LogP contribution < -0.4 is 10.5 Å². The Morgan fingerprint density at radius 1 is 1.45 bits per heavy atom. The average molecular weight is 278 g/mol. The molecule has 1 aromatic rings. The third-order valence-electron chi connectivity index (χ3n) is 3.92. The average Bonchev–Trinajstić information content (AvgIpc) is 2.49. The van der Waals surface area contributed by atoms with Gasteiger partial charge < -0.3 is 15.2 Å². The van der Waals surface area contributed by atoms with E-state index in [1.54, 1.807) is 0 Å². The van der Waals surface area contributed by atoms with Gasteiger partial charge in [0.05, 0.1) is 19.8 Å². The topological polar surface area (TPSA) is 47.7 Å². The van der Waals surface area contributed by atoms with Crippen LogP contribution in [-0.2, 0) is 4.74 Å². The molecule has 0 spiro atoms. The number of benzene rings is 1. The molecule has 0 saturated carbocycles. The monoisotopic (exact) mass is 278 g/mol. The number of morpholine rings is 1. The molecule has 1 aliphatic heterocycles. The van der Waals surface area contributed by atoms with Gasteiger partial charge in [-0.05, 0) is 31.0 Å². The van der Waals surface area contributed by atoms with E-state index in [-0.39, 0.29) is 6.04 Å². The smallest absolute Gasteiger partial charge is 0.119 e. The Bertz CT molecular complexity index is 411. The van der Waals surface area contributed by atoms with Gasteiger partial charge in [0.25, 0.3) is 0 Å². The van der Waals surface area contributed by atoms with Gasteiger partial charge in [-0.3, -0.25) is 4.90 Å². The molecule has 0 amide bonds. The molecule has 4 heteroatoms. The molecule has 4 nitrogen and oxygen atoms in total. The summed E-state index contributed by atoms with van der Waals surface area (Å²) < 4.78 is 11.2. The molecule has 1 saturated heterocycles. The number of hydrogen-bond donors (Lipinski definition) is 1. The summed E-state index contributed by atoms with van der Waals surface area (Å²) in [7, 11) is 0. The minimum absolute atomic E-state index is 0.240. The second-order valence-corrected chi connectivity index (χ2v) is 5.13. The summed E-state index contributed by atoms with van der Waals surface area (Å²) >= 11 is 0. The van der Waals surface area contributed by atoms with E-state index < -0.39 is 0 Å². The Balaban J connectivity index is 2.19. The van der Waals surface area contributed by atoms with Crippen molar-refractivity contribution in [2.24, 2.45) is 5.73 Å². The van der Waals surface area contributed by atoms with Crippen molar-refractivity contribution in [3.05, 3.63) is 29.8 Å². The molecule has 2 rings (SSSR count). The first-order chi connectivity index (χ1) is 9.80. The predicted octanol–water partition coefficient (Wildman–Crippen LogP) is 2.20. The first-order valence-corrected chi connectivity index (χ1v) is 7.56. The zero-order chi connectivity index (χ0) is 14.4. The predicted molar refractivity (Wildman–Crippen MR) is 81.0 cm³/mol. The Morgan fingerprint density at radius 2 is 2.30 bits per heavy atom. The molecule has 2 atom stereocenters. The van der Waals surface area contributed by atoms with Crippen molar-refractivity contribution < 1.29 is 9.47 Å². The van der Waals surface area contributed by atoms with Crippen molar-refractivity contribution >= 4 is 0 Å². The van der Waals surface area contributed by atoms with Crippen molar-refractivity contribution in [1.82, 2.24) is 4.90 Å². The van der Waals surface area contributed by atoms with E-state index in [1.165, 1.54) is 5.56 Å². The second-order valence-electron chi connectivity index (χ2n) is 5.13. The van der Waals surface area contributed by atoms with Gasteiger partial charge in [-0.1, -0.05) is 19.1 Å². The Hall–Kier alpha value is -1.10. The first-order valence-electron chi connectivity index (χ1n) is 7.56. The molecule has 0 bridgehead atoms. The van der Waals surface area contributed by atoms with Crippen LogP contribution in [0.5, 0.6) is 5.75 Å². The standard InChI is InChI=1S/C16H26N2O2/c1-3-14-12-19-9-8-18(14)16(11-17)13-6-5-7-15(10-13)20-4-2/h5-7,10,14,16H,3-4,8-9,11-12,17H2,1-2H3. The van der Waals surface area contributed by atoms with Crippen LogP contribution in [-0.4, -0.2) is 43.9 Å². The minimum atomic E-state index is 0.240. The van der Waals surface area contributed by atoms with Gasteiger partial charge in [0.1, 0.15) is 5.75 Å². The van der Waals surface area contributed by atoms with Gasteiger partial charge in [0.15, 0.2) is 0 Å². The molecule has 0 aromatic heterocycles. The van der Waals surface area contributed by atoms with E-state index in [1.807, 2.05) is 19.1 Å². The van der Waals surface area contributed by atoms with Crippen molar-refractivity contribution in [2.75, 3.05) is 32.9 Å². The van der Waals surface area contributed by atoms with Crippen LogP contribution in [0.25, 0.3) is 0 Å². The molecule has 0 aliphatic carbocycles. The second kappa shape index (κ2) is 7.62. The number of nitrogens with two attached hydrogens (primary N) is 1. The van der Waals surface area contributed by atoms with E-state index in [0.29, 0.717) is 19.2 Å². The Morgan fingerprint density at radius 3 is 3.00 bits per heavy atom. The maximum Gasteiger partial charge on any atom is 0.119 e. The fourth-order valence-corrected chi connectivity index (χ4v) is 2.87. The van der Waals surface area contributed by atoms with Crippen LogP contribution in [0.3, 0.4) is 0 Å². The van der Waals surface area contributed by atoms with Gasteiger partial charge in [-0.25, -0.2) is 0 Å². The molecule has 0 radical (unpaired) electrons. The van der Waals surface area contributed by atoms with Crippen LogP contribution in [0.1, 0.15) is 31.9 Å². The number of ether oxygens (including phenoxy) is 2. The molecule has 1 heterocycles. The van der Waals surface area contributed by atoms with Crippen molar-refractivity contribution in [3.63, 3.8) is 0 Å². The summed E-state index contributed by atoms with van der Waals surface area (Å²) in [5.74, 6) is 0.921. The van der Waals surface area contributed by atoms with Crippen molar-refractivity contribution in [1.29, 1.82) is 0 Å². The van der Waals surface area contributed by atoms with E-state index in [4.69, 9.17) is 15.2 Å². The molecular weight excluding hydrogens is 252 g/mol. The SMILES string of the molecule is CCOc1cccc(C(CN)N2CCOCC2CC)c1. The number of hydrogen-bond acceptors (Lipinski definition) is 4. The number of rotatable bonds is 6. The van der Waals surface area contributed by atoms with Crippen LogP contribution >= 0.6 is 0 Å².